The lowest BCUT2D eigenvalue weighted by molar-refractivity contribution is 0.703. The third-order valence-corrected chi connectivity index (χ3v) is 0.677. The van der Waals surface area contributed by atoms with E-state index in [1.165, 1.54) is 6.42 Å². The van der Waals surface area contributed by atoms with Crippen LogP contribution in [0.5, 0.6) is 0 Å². The molecule has 0 rings (SSSR count). The van der Waals surface area contributed by atoms with E-state index in [0.29, 0.717) is 0 Å². The Kier molecular flexibility index (Phi) is 21.4. The molecule has 0 heterocycles. The zero-order valence-electron chi connectivity index (χ0n) is 6.62. The molecule has 1 heteroatoms. The van der Waals surface area contributed by atoms with Crippen LogP contribution < -0.4 is 5.32 Å². The number of rotatable bonds is 3. The van der Waals surface area contributed by atoms with Gasteiger partial charge in [0.2, 0.25) is 0 Å². The molecule has 0 radical (unpaired) electrons. The molecule has 0 bridgehead atoms. The molecular weight excluding hydrogens is 98.1 g/mol. The van der Waals surface area contributed by atoms with Crippen LogP contribution in [0.3, 0.4) is 0 Å². The topological polar surface area (TPSA) is 12.0 Å². The molecule has 0 aliphatic rings. The SMILES string of the molecule is CC.CCCNCC. The van der Waals surface area contributed by atoms with Gasteiger partial charge in [0.1, 0.15) is 0 Å². The molecule has 0 atom stereocenters. The third kappa shape index (κ3) is 16.7. The molecule has 1 N–H and O–H groups in total. The van der Waals surface area contributed by atoms with E-state index in [2.05, 4.69) is 19.2 Å². The van der Waals surface area contributed by atoms with E-state index in [-0.39, 0.29) is 0 Å². The molecule has 0 unspecified atom stereocenters. The van der Waals surface area contributed by atoms with Crippen molar-refractivity contribution >= 4 is 0 Å². The fourth-order valence-electron chi connectivity index (χ4n) is 0.354. The quantitative estimate of drug-likeness (QED) is 0.558. The fraction of sp³-hybridized carbons (Fsp3) is 1.00. The second-order valence-electron chi connectivity index (χ2n) is 1.35. The van der Waals surface area contributed by atoms with Crippen molar-refractivity contribution in [3.05, 3.63) is 0 Å². The van der Waals surface area contributed by atoms with Gasteiger partial charge >= 0.3 is 0 Å². The first-order valence-electron chi connectivity index (χ1n) is 3.62. The van der Waals surface area contributed by atoms with Crippen LogP contribution in [0.25, 0.3) is 0 Å². The lowest BCUT2D eigenvalue weighted by Crippen LogP contribution is -2.12. The molecule has 0 aromatic rings. The van der Waals surface area contributed by atoms with Crippen molar-refractivity contribution < 1.29 is 0 Å². The lowest BCUT2D eigenvalue weighted by Gasteiger charge is -1.91. The van der Waals surface area contributed by atoms with Gasteiger partial charge in [0.05, 0.1) is 0 Å². The van der Waals surface area contributed by atoms with Crippen molar-refractivity contribution in [3.63, 3.8) is 0 Å². The molecule has 8 heavy (non-hydrogen) atoms. The molecule has 0 fully saturated rings. The maximum absolute atomic E-state index is 3.20. The molecule has 52 valence electrons. The van der Waals surface area contributed by atoms with Crippen LogP contribution >= 0.6 is 0 Å². The summed E-state index contributed by atoms with van der Waals surface area (Å²) in [7, 11) is 0. The standard InChI is InChI=1S/C5H13N.C2H6/c1-3-5-6-4-2;1-2/h6H,3-5H2,1-2H3;1-2H3. The predicted molar refractivity (Wildman–Crippen MR) is 40.2 cm³/mol. The Morgan fingerprint density at radius 2 is 1.62 bits per heavy atom. The molecule has 0 aromatic heterocycles. The molecule has 0 aromatic carbocycles. The van der Waals surface area contributed by atoms with E-state index in [9.17, 15) is 0 Å². The van der Waals surface area contributed by atoms with Crippen molar-refractivity contribution in [1.82, 2.24) is 5.32 Å². The minimum Gasteiger partial charge on any atom is -0.317 e. The molecule has 0 aliphatic carbocycles. The summed E-state index contributed by atoms with van der Waals surface area (Å²) in [6.07, 6.45) is 1.24. The normalized spacial score (nSPS) is 7.50. The van der Waals surface area contributed by atoms with Gasteiger partial charge in [0, 0.05) is 0 Å². The molecule has 0 spiro atoms. The predicted octanol–water partition coefficient (Wildman–Crippen LogP) is 2.03. The Labute approximate surface area is 53.5 Å². The van der Waals surface area contributed by atoms with E-state index in [1.54, 1.807) is 0 Å². The first kappa shape index (κ1) is 10.9. The highest BCUT2D eigenvalue weighted by Gasteiger charge is 1.71. The first-order chi connectivity index (χ1) is 3.91. The average Bonchev–Trinajstić information content (AvgIpc) is 1.88. The van der Waals surface area contributed by atoms with Crippen LogP contribution in [0.2, 0.25) is 0 Å². The summed E-state index contributed by atoms with van der Waals surface area (Å²) in [4.78, 5) is 0. The van der Waals surface area contributed by atoms with Crippen molar-refractivity contribution in [2.75, 3.05) is 13.1 Å². The van der Waals surface area contributed by atoms with E-state index in [0.717, 1.165) is 13.1 Å². The summed E-state index contributed by atoms with van der Waals surface area (Å²) in [5.74, 6) is 0. The van der Waals surface area contributed by atoms with Crippen LogP contribution in [0.1, 0.15) is 34.1 Å². The van der Waals surface area contributed by atoms with Gasteiger partial charge in [-0.25, -0.2) is 0 Å². The number of hydrogen-bond donors (Lipinski definition) is 1. The van der Waals surface area contributed by atoms with Crippen LogP contribution in [-0.4, -0.2) is 13.1 Å². The average molecular weight is 117 g/mol. The minimum absolute atomic E-state index is 1.10. The Hall–Kier alpha value is -0.0400. The van der Waals surface area contributed by atoms with E-state index < -0.39 is 0 Å². The van der Waals surface area contributed by atoms with Gasteiger partial charge in [-0.3, -0.25) is 0 Å². The van der Waals surface area contributed by atoms with Crippen LogP contribution in [0, 0.1) is 0 Å². The maximum Gasteiger partial charge on any atom is -0.00517 e. The molecule has 0 amide bonds. The van der Waals surface area contributed by atoms with E-state index in [4.69, 9.17) is 0 Å². The van der Waals surface area contributed by atoms with Gasteiger partial charge in [-0.15, -0.1) is 0 Å². The third-order valence-electron chi connectivity index (χ3n) is 0.677. The molecular formula is C7H19N. The highest BCUT2D eigenvalue weighted by molar-refractivity contribution is 4.35. The zero-order chi connectivity index (χ0) is 6.83. The first-order valence-corrected chi connectivity index (χ1v) is 3.62. The van der Waals surface area contributed by atoms with Gasteiger partial charge in [-0.1, -0.05) is 27.7 Å². The summed E-state index contributed by atoms with van der Waals surface area (Å²) >= 11 is 0. The Morgan fingerprint density at radius 1 is 1.12 bits per heavy atom. The highest BCUT2D eigenvalue weighted by Crippen LogP contribution is 1.65. The van der Waals surface area contributed by atoms with Gasteiger partial charge in [0.25, 0.3) is 0 Å². The minimum atomic E-state index is 1.10. The summed E-state index contributed by atoms with van der Waals surface area (Å²) in [6.45, 7) is 10.6. The largest absolute Gasteiger partial charge is 0.317 e. The second kappa shape index (κ2) is 15.8. The Bertz CT molecular complexity index is 16.3. The summed E-state index contributed by atoms with van der Waals surface area (Å²) in [5.41, 5.74) is 0. The van der Waals surface area contributed by atoms with Crippen LogP contribution in [0.15, 0.2) is 0 Å². The second-order valence-corrected chi connectivity index (χ2v) is 1.35. The van der Waals surface area contributed by atoms with Crippen LogP contribution in [-0.2, 0) is 0 Å². The summed E-state index contributed by atoms with van der Waals surface area (Å²) < 4.78 is 0. The molecule has 1 nitrogen and oxygen atoms in total. The zero-order valence-corrected chi connectivity index (χ0v) is 6.62. The van der Waals surface area contributed by atoms with Crippen LogP contribution in [0.4, 0.5) is 0 Å². The maximum atomic E-state index is 3.20. The van der Waals surface area contributed by atoms with Crippen molar-refractivity contribution in [2.45, 2.75) is 34.1 Å². The Balaban J connectivity index is 0. The summed E-state index contributed by atoms with van der Waals surface area (Å²) in [5, 5.41) is 3.20. The monoisotopic (exact) mass is 117 g/mol. The highest BCUT2D eigenvalue weighted by atomic mass is 14.8. The van der Waals surface area contributed by atoms with Gasteiger partial charge in [-0.05, 0) is 19.5 Å². The summed E-state index contributed by atoms with van der Waals surface area (Å²) in [6, 6.07) is 0. The lowest BCUT2D eigenvalue weighted by atomic mass is 10.5. The van der Waals surface area contributed by atoms with Crippen molar-refractivity contribution in [2.24, 2.45) is 0 Å². The van der Waals surface area contributed by atoms with E-state index in [1.807, 2.05) is 13.8 Å². The fourth-order valence-corrected chi connectivity index (χ4v) is 0.354. The smallest absolute Gasteiger partial charge is 0.00517 e. The van der Waals surface area contributed by atoms with Gasteiger partial charge in [0.15, 0.2) is 0 Å². The Morgan fingerprint density at radius 3 is 1.75 bits per heavy atom. The van der Waals surface area contributed by atoms with Gasteiger partial charge < -0.3 is 5.32 Å². The number of hydrogen-bond acceptors (Lipinski definition) is 1. The number of nitrogens with one attached hydrogen (secondary N) is 1. The van der Waals surface area contributed by atoms with Gasteiger partial charge in [-0.2, -0.15) is 0 Å². The van der Waals surface area contributed by atoms with Crippen molar-refractivity contribution in [3.8, 4) is 0 Å². The van der Waals surface area contributed by atoms with Crippen molar-refractivity contribution in [1.29, 1.82) is 0 Å². The molecule has 0 saturated heterocycles. The van der Waals surface area contributed by atoms with E-state index >= 15 is 0 Å². The molecule has 0 saturated carbocycles. The molecule has 0 aliphatic heterocycles.